The molecule has 2 heterocycles. The molecule has 2 aromatic rings. The number of aromatic amines is 1. The van der Waals surface area contributed by atoms with Crippen LogP contribution in [0.5, 0.6) is 0 Å². The van der Waals surface area contributed by atoms with Crippen LogP contribution in [0.1, 0.15) is 55.2 Å². The van der Waals surface area contributed by atoms with Crippen molar-refractivity contribution in [3.63, 3.8) is 0 Å². The zero-order valence-electron chi connectivity index (χ0n) is 17.4. The number of aromatic nitrogens is 1. The van der Waals surface area contributed by atoms with Crippen LogP contribution in [0.4, 0.5) is 0 Å². The quantitative estimate of drug-likeness (QED) is 0.727. The first-order valence-corrected chi connectivity index (χ1v) is 11.2. The molecule has 0 unspecified atom stereocenters. The van der Waals surface area contributed by atoms with E-state index in [9.17, 15) is 4.79 Å². The summed E-state index contributed by atoms with van der Waals surface area (Å²) in [6, 6.07) is 6.64. The number of rotatable bonds is 5. The third-order valence-corrected chi connectivity index (χ3v) is 6.64. The number of ether oxygens (including phenoxy) is 1. The van der Waals surface area contributed by atoms with Gasteiger partial charge in [-0.15, -0.1) is 0 Å². The van der Waals surface area contributed by atoms with Gasteiger partial charge in [0.25, 0.3) is 5.56 Å². The monoisotopic (exact) mass is 413 g/mol. The minimum absolute atomic E-state index is 0.0209. The lowest BCUT2D eigenvalue weighted by Crippen LogP contribution is -2.47. The number of nitrogens with zero attached hydrogens (tertiary/aromatic N) is 1. The molecule has 0 amide bonds. The Balaban J connectivity index is 1.57. The Bertz CT molecular complexity index is 943. The summed E-state index contributed by atoms with van der Waals surface area (Å²) in [5.41, 5.74) is 4.00. The molecule has 1 aliphatic heterocycles. The smallest absolute Gasteiger partial charge is 0.253 e. The van der Waals surface area contributed by atoms with Gasteiger partial charge in [-0.1, -0.05) is 18.9 Å². The van der Waals surface area contributed by atoms with Gasteiger partial charge in [-0.05, 0) is 75.0 Å². The average molecular weight is 414 g/mol. The van der Waals surface area contributed by atoms with Crippen LogP contribution in [0.25, 0.3) is 10.9 Å². The summed E-state index contributed by atoms with van der Waals surface area (Å²) in [6.07, 6.45) is 7.16. The van der Waals surface area contributed by atoms with Gasteiger partial charge in [0.05, 0.1) is 12.6 Å². The molecule has 5 nitrogen and oxygen atoms in total. The van der Waals surface area contributed by atoms with E-state index in [-0.39, 0.29) is 11.7 Å². The highest BCUT2D eigenvalue weighted by Crippen LogP contribution is 2.26. The highest BCUT2D eigenvalue weighted by molar-refractivity contribution is 7.80. The second-order valence-corrected chi connectivity index (χ2v) is 8.94. The minimum Gasteiger partial charge on any atom is -0.376 e. The maximum atomic E-state index is 12.8. The first-order chi connectivity index (χ1) is 14.0. The Morgan fingerprint density at radius 2 is 2.00 bits per heavy atom. The first-order valence-electron chi connectivity index (χ1n) is 10.8. The number of thiocarbonyl (C=S) groups is 1. The maximum absolute atomic E-state index is 12.8. The Morgan fingerprint density at radius 3 is 2.72 bits per heavy atom. The molecule has 1 aromatic heterocycles. The molecule has 1 atom stereocenters. The van der Waals surface area contributed by atoms with Crippen LogP contribution in [0, 0.1) is 13.8 Å². The highest BCUT2D eigenvalue weighted by atomic mass is 32.1. The number of aryl methyl sites for hydroxylation is 2. The fourth-order valence-corrected chi connectivity index (χ4v) is 5.00. The van der Waals surface area contributed by atoms with Gasteiger partial charge in [-0.25, -0.2) is 0 Å². The van der Waals surface area contributed by atoms with Gasteiger partial charge in [-0.2, -0.15) is 0 Å². The van der Waals surface area contributed by atoms with Gasteiger partial charge in [0.2, 0.25) is 0 Å². The number of pyridine rings is 1. The van der Waals surface area contributed by atoms with E-state index in [0.29, 0.717) is 12.6 Å². The van der Waals surface area contributed by atoms with Gasteiger partial charge < -0.3 is 19.9 Å². The number of hydrogen-bond acceptors (Lipinski definition) is 3. The molecule has 1 aromatic carbocycles. The Hall–Kier alpha value is -1.92. The van der Waals surface area contributed by atoms with E-state index in [1.165, 1.54) is 18.4 Å². The van der Waals surface area contributed by atoms with Crippen LogP contribution in [0.3, 0.4) is 0 Å². The molecule has 2 fully saturated rings. The van der Waals surface area contributed by atoms with Crippen molar-refractivity contribution in [1.82, 2.24) is 15.2 Å². The second-order valence-electron chi connectivity index (χ2n) is 8.55. The highest BCUT2D eigenvalue weighted by Gasteiger charge is 2.26. The Labute approximate surface area is 177 Å². The topological polar surface area (TPSA) is 57.4 Å². The number of benzene rings is 1. The van der Waals surface area contributed by atoms with Crippen molar-refractivity contribution in [2.24, 2.45) is 0 Å². The molecule has 0 spiro atoms. The average Bonchev–Trinajstić information content (AvgIpc) is 3.38. The van der Waals surface area contributed by atoms with Crippen molar-refractivity contribution in [2.45, 2.75) is 71.1 Å². The molecule has 1 saturated heterocycles. The van der Waals surface area contributed by atoms with E-state index in [1.54, 1.807) is 0 Å². The van der Waals surface area contributed by atoms with Crippen LogP contribution in [-0.2, 0) is 11.3 Å². The van der Waals surface area contributed by atoms with E-state index in [0.717, 1.165) is 66.0 Å². The summed E-state index contributed by atoms with van der Waals surface area (Å²) < 4.78 is 5.72. The summed E-state index contributed by atoms with van der Waals surface area (Å²) in [5, 5.41) is 5.27. The molecule has 29 heavy (non-hydrogen) atoms. The number of H-pyrrole nitrogens is 1. The fourth-order valence-electron chi connectivity index (χ4n) is 4.71. The summed E-state index contributed by atoms with van der Waals surface area (Å²) in [4.78, 5) is 18.1. The third kappa shape index (κ3) is 4.64. The van der Waals surface area contributed by atoms with Crippen LogP contribution in [0.15, 0.2) is 23.0 Å². The van der Waals surface area contributed by atoms with E-state index >= 15 is 0 Å². The van der Waals surface area contributed by atoms with Crippen molar-refractivity contribution >= 4 is 28.2 Å². The second kappa shape index (κ2) is 8.84. The fraction of sp³-hybridized carbons (Fsp3) is 0.565. The van der Waals surface area contributed by atoms with Crippen LogP contribution < -0.4 is 10.9 Å². The minimum atomic E-state index is -0.0209. The number of hydrogen-bond donors (Lipinski definition) is 2. The summed E-state index contributed by atoms with van der Waals surface area (Å²) in [5.74, 6) is 0. The van der Waals surface area contributed by atoms with Crippen LogP contribution >= 0.6 is 12.2 Å². The zero-order valence-corrected chi connectivity index (χ0v) is 18.2. The normalized spacial score (nSPS) is 19.7. The lowest BCUT2D eigenvalue weighted by atomic mass is 10.0. The van der Waals surface area contributed by atoms with Gasteiger partial charge >= 0.3 is 0 Å². The molecule has 2 N–H and O–H groups in total. The van der Waals surface area contributed by atoms with Crippen LogP contribution in [0.2, 0.25) is 0 Å². The maximum Gasteiger partial charge on any atom is 0.253 e. The molecule has 156 valence electrons. The molecular weight excluding hydrogens is 382 g/mol. The van der Waals surface area contributed by atoms with E-state index in [4.69, 9.17) is 17.0 Å². The molecular formula is C23H31N3O2S. The zero-order chi connectivity index (χ0) is 20.4. The molecule has 2 aliphatic rings. The SMILES string of the molecule is Cc1cc(C)c2cc(CN(C(=S)NC[C@@H]3CCCO3)C3CCCC3)c(=O)[nH]c2c1. The van der Waals surface area contributed by atoms with Crippen molar-refractivity contribution in [2.75, 3.05) is 13.2 Å². The Morgan fingerprint density at radius 1 is 1.21 bits per heavy atom. The number of nitrogens with one attached hydrogen (secondary N) is 2. The van der Waals surface area contributed by atoms with Gasteiger partial charge in [0.15, 0.2) is 5.11 Å². The molecule has 1 aliphatic carbocycles. The molecule has 1 saturated carbocycles. The number of fused-ring (bicyclic) bond motifs is 1. The van der Waals surface area contributed by atoms with Crippen LogP contribution in [-0.4, -0.2) is 40.3 Å². The van der Waals surface area contributed by atoms with Crippen molar-refractivity contribution in [3.8, 4) is 0 Å². The predicted octanol–water partition coefficient (Wildman–Crippen LogP) is 3.94. The first kappa shape index (κ1) is 20.4. The summed E-state index contributed by atoms with van der Waals surface area (Å²) in [6.45, 7) is 6.28. The van der Waals surface area contributed by atoms with Crippen molar-refractivity contribution in [3.05, 3.63) is 45.2 Å². The lowest BCUT2D eigenvalue weighted by Gasteiger charge is -2.32. The van der Waals surface area contributed by atoms with E-state index < -0.39 is 0 Å². The van der Waals surface area contributed by atoms with Gasteiger partial charge in [0.1, 0.15) is 0 Å². The van der Waals surface area contributed by atoms with Crippen molar-refractivity contribution in [1.29, 1.82) is 0 Å². The standard InChI is InChI=1S/C23H31N3O2S/c1-15-10-16(2)20-12-17(22(27)25-21(20)11-15)14-26(18-6-3-4-7-18)23(29)24-13-19-8-5-9-28-19/h10-12,18-19H,3-9,13-14H2,1-2H3,(H,24,29)(H,25,27)/t19-/m0/s1. The third-order valence-electron chi connectivity index (χ3n) is 6.26. The molecule has 6 heteroatoms. The molecule has 0 radical (unpaired) electrons. The Kier molecular flexibility index (Phi) is 6.20. The predicted molar refractivity (Wildman–Crippen MR) is 121 cm³/mol. The molecule has 4 rings (SSSR count). The van der Waals surface area contributed by atoms with E-state index in [2.05, 4.69) is 35.1 Å². The largest absolute Gasteiger partial charge is 0.376 e. The molecule has 0 bridgehead atoms. The summed E-state index contributed by atoms with van der Waals surface area (Å²) >= 11 is 5.77. The van der Waals surface area contributed by atoms with E-state index in [1.807, 2.05) is 12.1 Å². The van der Waals surface area contributed by atoms with Gasteiger partial charge in [-0.3, -0.25) is 4.79 Å². The van der Waals surface area contributed by atoms with Crippen molar-refractivity contribution < 1.29 is 4.74 Å². The van der Waals surface area contributed by atoms with Gasteiger partial charge in [0, 0.05) is 35.7 Å². The summed E-state index contributed by atoms with van der Waals surface area (Å²) in [7, 11) is 0. The lowest BCUT2D eigenvalue weighted by molar-refractivity contribution is 0.113.